The highest BCUT2D eigenvalue weighted by molar-refractivity contribution is 9.10. The first-order chi connectivity index (χ1) is 13.6. The van der Waals surface area contributed by atoms with Crippen LogP contribution < -0.4 is 5.32 Å². The molecule has 1 N–H and O–H groups in total. The summed E-state index contributed by atoms with van der Waals surface area (Å²) in [6, 6.07) is 18.4. The summed E-state index contributed by atoms with van der Waals surface area (Å²) in [5.41, 5.74) is 5.85. The minimum atomic E-state index is -0.153. The van der Waals surface area contributed by atoms with Crippen molar-refractivity contribution in [2.24, 2.45) is 0 Å². The Balaban J connectivity index is 1.64. The summed E-state index contributed by atoms with van der Waals surface area (Å²) in [6.45, 7) is 1.93. The van der Waals surface area contributed by atoms with Gasteiger partial charge in [-0.05, 0) is 42.5 Å². The minimum Gasteiger partial charge on any atom is -0.338 e. The standard InChI is InChI=1S/C23H19BrN2O2/c1-13-20-21(15-8-5-9-17(24)10-15)22-18(25-23(20)28-26-13)11-16(12-19(22)27)14-6-3-2-4-7-14/h2-10,16,21,25H,11-12H2,1H3/t16-,21+/m1/s1. The van der Waals surface area contributed by atoms with Gasteiger partial charge in [-0.15, -0.1) is 0 Å². The van der Waals surface area contributed by atoms with Crippen LogP contribution in [-0.2, 0) is 4.79 Å². The number of halogens is 1. The number of Topliss-reactive ketones (excluding diaryl/α,β-unsaturated/α-hetero) is 1. The lowest BCUT2D eigenvalue weighted by molar-refractivity contribution is -0.116. The number of ketones is 1. The van der Waals surface area contributed by atoms with Crippen molar-refractivity contribution in [3.05, 3.63) is 92.7 Å². The van der Waals surface area contributed by atoms with Crippen LogP contribution in [0.15, 0.2) is 74.9 Å². The quantitative estimate of drug-likeness (QED) is 0.561. The highest BCUT2D eigenvalue weighted by Gasteiger charge is 2.41. The van der Waals surface area contributed by atoms with Crippen LogP contribution in [0.25, 0.3) is 0 Å². The zero-order valence-electron chi connectivity index (χ0n) is 15.4. The third-order valence-corrected chi connectivity index (χ3v) is 6.20. The van der Waals surface area contributed by atoms with Gasteiger partial charge in [0.05, 0.1) is 11.3 Å². The fourth-order valence-electron chi connectivity index (χ4n) is 4.45. The lowest BCUT2D eigenvalue weighted by Crippen LogP contribution is -2.29. The summed E-state index contributed by atoms with van der Waals surface area (Å²) < 4.78 is 6.57. The van der Waals surface area contributed by atoms with Crippen LogP contribution in [0.5, 0.6) is 0 Å². The summed E-state index contributed by atoms with van der Waals surface area (Å²) in [5.74, 6) is 0.870. The molecule has 28 heavy (non-hydrogen) atoms. The van der Waals surface area contributed by atoms with Gasteiger partial charge < -0.3 is 9.84 Å². The Bertz CT molecular complexity index is 1100. The van der Waals surface area contributed by atoms with Crippen molar-refractivity contribution in [1.29, 1.82) is 0 Å². The molecule has 3 aromatic rings. The highest BCUT2D eigenvalue weighted by atomic mass is 79.9. The summed E-state index contributed by atoms with van der Waals surface area (Å²) >= 11 is 3.57. The van der Waals surface area contributed by atoms with Crippen molar-refractivity contribution in [3.63, 3.8) is 0 Å². The highest BCUT2D eigenvalue weighted by Crippen LogP contribution is 2.49. The fourth-order valence-corrected chi connectivity index (χ4v) is 4.87. The molecule has 2 atom stereocenters. The minimum absolute atomic E-state index is 0.153. The Labute approximate surface area is 171 Å². The fraction of sp³-hybridized carbons (Fsp3) is 0.217. The maximum absolute atomic E-state index is 13.4. The molecule has 2 aromatic carbocycles. The molecule has 0 fully saturated rings. The predicted octanol–water partition coefficient (Wildman–Crippen LogP) is 5.70. The van der Waals surface area contributed by atoms with Crippen LogP contribution in [-0.4, -0.2) is 10.9 Å². The molecule has 1 aliphatic carbocycles. The topological polar surface area (TPSA) is 55.1 Å². The molecule has 4 nitrogen and oxygen atoms in total. The average molecular weight is 435 g/mol. The molecular formula is C23H19BrN2O2. The Kier molecular flexibility index (Phi) is 4.20. The number of nitrogens with one attached hydrogen (secondary N) is 1. The number of anilines is 1. The number of carbonyl (C=O) groups excluding carboxylic acids is 1. The van der Waals surface area contributed by atoms with Crippen molar-refractivity contribution in [3.8, 4) is 0 Å². The van der Waals surface area contributed by atoms with Crippen molar-refractivity contribution in [2.75, 3.05) is 5.32 Å². The van der Waals surface area contributed by atoms with E-state index >= 15 is 0 Å². The van der Waals surface area contributed by atoms with Gasteiger partial charge in [0.15, 0.2) is 5.78 Å². The summed E-state index contributed by atoms with van der Waals surface area (Å²) in [5, 5.41) is 7.55. The van der Waals surface area contributed by atoms with Crippen molar-refractivity contribution in [2.45, 2.75) is 31.6 Å². The average Bonchev–Trinajstić information content (AvgIpc) is 3.07. The zero-order valence-corrected chi connectivity index (χ0v) is 17.0. The molecule has 0 unspecified atom stereocenters. The summed E-state index contributed by atoms with van der Waals surface area (Å²) in [6.07, 6.45) is 1.31. The van der Waals surface area contributed by atoms with Crippen molar-refractivity contribution < 1.29 is 9.32 Å². The molecule has 140 valence electrons. The van der Waals surface area contributed by atoms with Crippen LogP contribution in [0.4, 0.5) is 5.88 Å². The molecule has 2 heterocycles. The van der Waals surface area contributed by atoms with E-state index in [1.54, 1.807) is 0 Å². The number of hydrogen-bond acceptors (Lipinski definition) is 4. The number of aromatic nitrogens is 1. The first-order valence-electron chi connectivity index (χ1n) is 9.41. The molecule has 0 spiro atoms. The Hall–Kier alpha value is -2.66. The van der Waals surface area contributed by atoms with E-state index in [0.29, 0.717) is 12.3 Å². The molecule has 0 radical (unpaired) electrons. The van der Waals surface area contributed by atoms with Gasteiger partial charge in [0, 0.05) is 28.1 Å². The second-order valence-electron chi connectivity index (χ2n) is 7.46. The first kappa shape index (κ1) is 17.4. The Morgan fingerprint density at radius 1 is 1.07 bits per heavy atom. The van der Waals surface area contributed by atoms with Gasteiger partial charge in [-0.2, -0.15) is 0 Å². The van der Waals surface area contributed by atoms with E-state index < -0.39 is 0 Å². The maximum atomic E-state index is 13.4. The normalized spacial score (nSPS) is 21.1. The molecule has 0 bridgehead atoms. The van der Waals surface area contributed by atoms with E-state index in [1.165, 1.54) is 5.56 Å². The number of rotatable bonds is 2. The number of aryl methyl sites for hydroxylation is 1. The van der Waals surface area contributed by atoms with Gasteiger partial charge in [0.25, 0.3) is 0 Å². The number of carbonyl (C=O) groups is 1. The lowest BCUT2D eigenvalue weighted by Gasteiger charge is -2.34. The summed E-state index contributed by atoms with van der Waals surface area (Å²) in [4.78, 5) is 13.4. The third-order valence-electron chi connectivity index (χ3n) is 5.71. The van der Waals surface area contributed by atoms with Gasteiger partial charge in [0.2, 0.25) is 5.88 Å². The molecule has 0 amide bonds. The first-order valence-corrected chi connectivity index (χ1v) is 10.2. The zero-order chi connectivity index (χ0) is 19.3. The maximum Gasteiger partial charge on any atom is 0.233 e. The van der Waals surface area contributed by atoms with Gasteiger partial charge in [-0.3, -0.25) is 4.79 Å². The van der Waals surface area contributed by atoms with E-state index in [2.05, 4.69) is 50.7 Å². The van der Waals surface area contributed by atoms with Gasteiger partial charge in [0.1, 0.15) is 0 Å². The van der Waals surface area contributed by atoms with Gasteiger partial charge in [-0.1, -0.05) is 63.6 Å². The smallest absolute Gasteiger partial charge is 0.233 e. The summed E-state index contributed by atoms with van der Waals surface area (Å²) in [7, 11) is 0. The Morgan fingerprint density at radius 3 is 2.64 bits per heavy atom. The van der Waals surface area contributed by atoms with Crippen molar-refractivity contribution >= 4 is 27.6 Å². The number of fused-ring (bicyclic) bond motifs is 1. The molecule has 5 heteroatoms. The second-order valence-corrected chi connectivity index (χ2v) is 8.37. The number of allylic oxidation sites excluding steroid dienone is 2. The largest absolute Gasteiger partial charge is 0.338 e. The molecule has 2 aliphatic rings. The van der Waals surface area contributed by atoms with Crippen LogP contribution in [0.2, 0.25) is 0 Å². The predicted molar refractivity (Wildman–Crippen MR) is 111 cm³/mol. The van der Waals surface area contributed by atoms with E-state index in [-0.39, 0.29) is 17.6 Å². The Morgan fingerprint density at radius 2 is 1.86 bits per heavy atom. The van der Waals surface area contributed by atoms with Crippen LogP contribution in [0.1, 0.15) is 47.1 Å². The SMILES string of the molecule is Cc1noc2c1[C@H](c1cccc(Br)c1)C1=C(C[C@@H](c3ccccc3)CC1=O)N2. The molecule has 0 saturated heterocycles. The molecule has 1 aliphatic heterocycles. The van der Waals surface area contributed by atoms with Crippen molar-refractivity contribution in [1.82, 2.24) is 5.16 Å². The molecule has 0 saturated carbocycles. The van der Waals surface area contributed by atoms with E-state index in [0.717, 1.165) is 39.0 Å². The van der Waals surface area contributed by atoms with Gasteiger partial charge >= 0.3 is 0 Å². The third kappa shape index (κ3) is 2.81. The van der Waals surface area contributed by atoms with E-state index in [9.17, 15) is 4.79 Å². The van der Waals surface area contributed by atoms with E-state index in [1.807, 2.05) is 37.3 Å². The van der Waals surface area contributed by atoms with Crippen LogP contribution in [0, 0.1) is 6.92 Å². The number of benzene rings is 2. The lowest BCUT2D eigenvalue weighted by atomic mass is 9.72. The van der Waals surface area contributed by atoms with E-state index in [4.69, 9.17) is 4.52 Å². The molecular weight excluding hydrogens is 416 g/mol. The van der Waals surface area contributed by atoms with Gasteiger partial charge in [-0.25, -0.2) is 0 Å². The molecule has 5 rings (SSSR count). The molecule has 1 aromatic heterocycles. The second kappa shape index (κ2) is 6.74. The monoisotopic (exact) mass is 434 g/mol. The van der Waals surface area contributed by atoms with Crippen LogP contribution in [0.3, 0.4) is 0 Å². The number of hydrogen-bond donors (Lipinski definition) is 1. The number of nitrogens with zero attached hydrogens (tertiary/aromatic N) is 1. The van der Waals surface area contributed by atoms with Crippen LogP contribution >= 0.6 is 15.9 Å².